The van der Waals surface area contributed by atoms with Gasteiger partial charge in [-0.1, -0.05) is 24.3 Å². The minimum absolute atomic E-state index is 0.0983. The van der Waals surface area contributed by atoms with Crippen molar-refractivity contribution >= 4 is 18.1 Å². The Morgan fingerprint density at radius 3 is 2.60 bits per heavy atom. The van der Waals surface area contributed by atoms with E-state index in [4.69, 9.17) is 14.6 Å². The number of amides is 1. The summed E-state index contributed by atoms with van der Waals surface area (Å²) in [5.41, 5.74) is 2.81. The molecule has 0 aliphatic carbocycles. The Morgan fingerprint density at radius 1 is 1.16 bits per heavy atom. The molecule has 0 spiro atoms. The molecule has 0 aliphatic rings. The van der Waals surface area contributed by atoms with Gasteiger partial charge in [0.15, 0.2) is 6.10 Å². The number of hydrogen-bond acceptors (Lipinski definition) is 5. The van der Waals surface area contributed by atoms with Crippen LogP contribution >= 0.6 is 0 Å². The minimum atomic E-state index is -1.07. The Labute approximate surface area is 144 Å². The van der Waals surface area contributed by atoms with Crippen molar-refractivity contribution in [1.29, 1.82) is 0 Å². The van der Waals surface area contributed by atoms with Crippen molar-refractivity contribution in [2.45, 2.75) is 13.0 Å². The molecule has 25 heavy (non-hydrogen) atoms. The first-order valence-corrected chi connectivity index (χ1v) is 7.47. The molecular formula is C18H18N2O5. The van der Waals surface area contributed by atoms with Gasteiger partial charge in [0.1, 0.15) is 11.5 Å². The molecule has 130 valence electrons. The van der Waals surface area contributed by atoms with Crippen LogP contribution in [0.3, 0.4) is 0 Å². The molecule has 1 amide bonds. The maximum Gasteiger partial charge on any atom is 0.336 e. The maximum atomic E-state index is 12.0. The van der Waals surface area contributed by atoms with Crippen LogP contribution in [0.25, 0.3) is 0 Å². The Morgan fingerprint density at radius 2 is 1.88 bits per heavy atom. The molecule has 0 heterocycles. The standard InChI is InChI=1S/C18H18N2O5/c1-12(25-15-8-5-7-14(10-15)24-2)17(21)20-19-11-13-6-3-4-9-16(13)18(22)23/h3-12H,1-2H3,(H,20,21)(H,22,23)/b19-11+. The van der Waals surface area contributed by atoms with Gasteiger partial charge in [-0.25, -0.2) is 10.2 Å². The number of ether oxygens (including phenoxy) is 2. The summed E-state index contributed by atoms with van der Waals surface area (Å²) in [5.74, 6) is -0.425. The quantitative estimate of drug-likeness (QED) is 0.594. The first-order valence-electron chi connectivity index (χ1n) is 7.47. The maximum absolute atomic E-state index is 12.0. The lowest BCUT2D eigenvalue weighted by Crippen LogP contribution is -2.33. The molecule has 7 heteroatoms. The van der Waals surface area contributed by atoms with Gasteiger partial charge in [-0.05, 0) is 25.1 Å². The predicted octanol–water partition coefficient (Wildman–Crippen LogP) is 2.31. The van der Waals surface area contributed by atoms with Gasteiger partial charge in [-0.15, -0.1) is 0 Å². The Kier molecular flexibility index (Phi) is 6.11. The van der Waals surface area contributed by atoms with Crippen LogP contribution in [0.2, 0.25) is 0 Å². The molecule has 0 saturated carbocycles. The first kappa shape index (κ1) is 18.0. The summed E-state index contributed by atoms with van der Waals surface area (Å²) in [6.07, 6.45) is 0.485. The molecule has 1 unspecified atom stereocenters. The molecule has 2 N–H and O–H groups in total. The van der Waals surface area contributed by atoms with E-state index in [1.807, 2.05) is 0 Å². The average Bonchev–Trinajstić information content (AvgIpc) is 2.62. The van der Waals surface area contributed by atoms with E-state index < -0.39 is 18.0 Å². The molecule has 2 aromatic rings. The molecular weight excluding hydrogens is 324 g/mol. The third kappa shape index (κ3) is 5.07. The largest absolute Gasteiger partial charge is 0.497 e. The van der Waals surface area contributed by atoms with Crippen LogP contribution in [-0.2, 0) is 4.79 Å². The highest BCUT2D eigenvalue weighted by Crippen LogP contribution is 2.19. The van der Waals surface area contributed by atoms with Gasteiger partial charge in [0, 0.05) is 11.6 Å². The number of nitrogens with one attached hydrogen (secondary N) is 1. The lowest BCUT2D eigenvalue weighted by atomic mass is 10.1. The van der Waals surface area contributed by atoms with Gasteiger partial charge in [0.05, 0.1) is 18.9 Å². The van der Waals surface area contributed by atoms with Crippen LogP contribution in [0.5, 0.6) is 11.5 Å². The molecule has 0 aliphatic heterocycles. The van der Waals surface area contributed by atoms with E-state index in [1.54, 1.807) is 56.5 Å². The summed E-state index contributed by atoms with van der Waals surface area (Å²) >= 11 is 0. The van der Waals surface area contributed by atoms with Crippen molar-refractivity contribution < 1.29 is 24.2 Å². The minimum Gasteiger partial charge on any atom is -0.497 e. The van der Waals surface area contributed by atoms with Crippen LogP contribution in [0.15, 0.2) is 53.6 Å². The Hall–Kier alpha value is -3.35. The number of carbonyl (C=O) groups is 2. The summed E-state index contributed by atoms with van der Waals surface area (Å²) in [6.45, 7) is 1.58. The Balaban J connectivity index is 1.96. The van der Waals surface area contributed by atoms with Crippen molar-refractivity contribution in [3.05, 3.63) is 59.7 Å². The van der Waals surface area contributed by atoms with Crippen molar-refractivity contribution in [1.82, 2.24) is 5.43 Å². The second-order valence-corrected chi connectivity index (χ2v) is 5.07. The lowest BCUT2D eigenvalue weighted by molar-refractivity contribution is -0.127. The number of benzene rings is 2. The summed E-state index contributed by atoms with van der Waals surface area (Å²) in [7, 11) is 1.54. The molecule has 2 rings (SSSR count). The first-order chi connectivity index (χ1) is 12.0. The van der Waals surface area contributed by atoms with Gasteiger partial charge in [-0.2, -0.15) is 5.10 Å². The van der Waals surface area contributed by atoms with Crippen molar-refractivity contribution in [2.24, 2.45) is 5.10 Å². The zero-order chi connectivity index (χ0) is 18.2. The average molecular weight is 342 g/mol. The fourth-order valence-corrected chi connectivity index (χ4v) is 1.99. The molecule has 0 bridgehead atoms. The van der Waals surface area contributed by atoms with E-state index >= 15 is 0 Å². The smallest absolute Gasteiger partial charge is 0.336 e. The monoisotopic (exact) mass is 342 g/mol. The number of carboxylic acid groups (broad SMARTS) is 1. The van der Waals surface area contributed by atoms with Crippen LogP contribution < -0.4 is 14.9 Å². The van der Waals surface area contributed by atoms with Gasteiger partial charge in [-0.3, -0.25) is 4.79 Å². The van der Waals surface area contributed by atoms with Gasteiger partial charge in [0.2, 0.25) is 0 Å². The number of aromatic carboxylic acids is 1. The fourth-order valence-electron chi connectivity index (χ4n) is 1.99. The van der Waals surface area contributed by atoms with Crippen LogP contribution in [0.1, 0.15) is 22.8 Å². The number of carboxylic acids is 1. The fraction of sp³-hybridized carbons (Fsp3) is 0.167. The second kappa shape index (κ2) is 8.49. The van der Waals surface area contributed by atoms with Gasteiger partial charge in [0.25, 0.3) is 5.91 Å². The lowest BCUT2D eigenvalue weighted by Gasteiger charge is -2.13. The van der Waals surface area contributed by atoms with E-state index in [-0.39, 0.29) is 5.56 Å². The van der Waals surface area contributed by atoms with Crippen molar-refractivity contribution in [2.75, 3.05) is 7.11 Å². The summed E-state index contributed by atoms with van der Waals surface area (Å²) in [5, 5.41) is 12.9. The highest BCUT2D eigenvalue weighted by molar-refractivity contribution is 5.98. The normalized spacial score (nSPS) is 11.8. The molecule has 0 saturated heterocycles. The van der Waals surface area contributed by atoms with Crippen molar-refractivity contribution in [3.8, 4) is 11.5 Å². The van der Waals surface area contributed by atoms with E-state index in [0.29, 0.717) is 17.1 Å². The van der Waals surface area contributed by atoms with Gasteiger partial charge < -0.3 is 14.6 Å². The van der Waals surface area contributed by atoms with Crippen LogP contribution in [0.4, 0.5) is 0 Å². The van der Waals surface area contributed by atoms with E-state index in [9.17, 15) is 9.59 Å². The summed E-state index contributed by atoms with van der Waals surface area (Å²) in [4.78, 5) is 23.1. The number of nitrogens with zero attached hydrogens (tertiary/aromatic N) is 1. The van der Waals surface area contributed by atoms with E-state index in [0.717, 1.165) is 0 Å². The Bertz CT molecular complexity index is 789. The third-order valence-corrected chi connectivity index (χ3v) is 3.29. The highest BCUT2D eigenvalue weighted by atomic mass is 16.5. The van der Waals surface area contributed by atoms with E-state index in [1.165, 1.54) is 12.3 Å². The SMILES string of the molecule is COc1cccc(OC(C)C(=O)N/N=C/c2ccccc2C(=O)O)c1. The molecule has 2 aromatic carbocycles. The topological polar surface area (TPSA) is 97.2 Å². The van der Waals surface area contributed by atoms with Gasteiger partial charge >= 0.3 is 5.97 Å². The number of hydrazone groups is 1. The molecule has 0 radical (unpaired) electrons. The number of hydrogen-bond donors (Lipinski definition) is 2. The summed E-state index contributed by atoms with van der Waals surface area (Å²) in [6, 6.07) is 13.2. The van der Waals surface area contributed by atoms with Crippen LogP contribution in [-0.4, -0.2) is 36.4 Å². The molecule has 7 nitrogen and oxygen atoms in total. The summed E-state index contributed by atoms with van der Waals surface area (Å²) < 4.78 is 10.6. The third-order valence-electron chi connectivity index (χ3n) is 3.29. The highest BCUT2D eigenvalue weighted by Gasteiger charge is 2.14. The molecule has 0 aromatic heterocycles. The second-order valence-electron chi connectivity index (χ2n) is 5.07. The number of carbonyl (C=O) groups excluding carboxylic acids is 1. The van der Waals surface area contributed by atoms with Crippen LogP contribution in [0, 0.1) is 0 Å². The van der Waals surface area contributed by atoms with Crippen molar-refractivity contribution in [3.63, 3.8) is 0 Å². The van der Waals surface area contributed by atoms with E-state index in [2.05, 4.69) is 10.5 Å². The zero-order valence-corrected chi connectivity index (χ0v) is 13.8. The number of rotatable bonds is 7. The molecule has 0 fully saturated rings. The predicted molar refractivity (Wildman–Crippen MR) is 92.2 cm³/mol. The number of methoxy groups -OCH3 is 1. The zero-order valence-electron chi connectivity index (χ0n) is 13.8. The molecule has 1 atom stereocenters.